The molecule has 0 amide bonds. The third-order valence-electron chi connectivity index (χ3n) is 2.20. The number of hydrogen-bond donors (Lipinski definition) is 1. The Kier molecular flexibility index (Phi) is 4.07. The number of diazo groups is 1. The van der Waals surface area contributed by atoms with Crippen LogP contribution in [0.2, 0.25) is 0 Å². The van der Waals surface area contributed by atoms with Crippen LogP contribution in [0.4, 0.5) is 11.4 Å². The molecule has 0 radical (unpaired) electrons. The molecule has 1 rings (SSSR count). The average Bonchev–Trinajstić information content (AvgIpc) is 2.26. The first kappa shape index (κ1) is 11.5. The number of hydrogen-bond acceptors (Lipinski definition) is 3. The summed E-state index contributed by atoms with van der Waals surface area (Å²) in [6, 6.07) is 7.22. The Labute approximate surface area is 89.8 Å². The standard InChI is InChI=1S/C11H16N3O/c1-3-14(8-9(2)15)11-6-4-10(13-12)5-7-11/h4-7,9,15H,3,8H2,1-2H3/q+1. The molecule has 0 aliphatic heterocycles. The van der Waals surface area contributed by atoms with Crippen LogP contribution < -0.4 is 4.90 Å². The van der Waals surface area contributed by atoms with Crippen LogP contribution in [0.5, 0.6) is 0 Å². The van der Waals surface area contributed by atoms with Crippen molar-refractivity contribution in [3.05, 3.63) is 29.2 Å². The number of aliphatic hydroxyl groups is 1. The third kappa shape index (κ3) is 3.22. The van der Waals surface area contributed by atoms with Crippen molar-refractivity contribution < 1.29 is 5.11 Å². The van der Waals surface area contributed by atoms with Gasteiger partial charge in [-0.15, -0.1) is 0 Å². The lowest BCUT2D eigenvalue weighted by molar-refractivity contribution is 0.200. The number of anilines is 1. The van der Waals surface area contributed by atoms with Crippen LogP contribution in [-0.4, -0.2) is 24.3 Å². The topological polar surface area (TPSA) is 51.6 Å². The smallest absolute Gasteiger partial charge is 0.385 e. The van der Waals surface area contributed by atoms with Gasteiger partial charge in [0.15, 0.2) is 4.98 Å². The molecule has 1 aromatic rings. The highest BCUT2D eigenvalue weighted by atomic mass is 16.3. The SMILES string of the molecule is CCN(CC(C)O)c1ccc([N+]#N)cc1. The highest BCUT2D eigenvalue weighted by Gasteiger charge is 2.09. The van der Waals surface area contributed by atoms with E-state index in [1.54, 1.807) is 19.1 Å². The minimum atomic E-state index is -0.354. The van der Waals surface area contributed by atoms with E-state index in [2.05, 4.69) is 9.88 Å². The third-order valence-corrected chi connectivity index (χ3v) is 2.20. The van der Waals surface area contributed by atoms with Crippen LogP contribution >= 0.6 is 0 Å². The number of nitrogens with zero attached hydrogens (tertiary/aromatic N) is 3. The molecule has 0 heterocycles. The summed E-state index contributed by atoms with van der Waals surface area (Å²) in [5.74, 6) is 0. The highest BCUT2D eigenvalue weighted by molar-refractivity contribution is 5.55. The lowest BCUT2D eigenvalue weighted by atomic mass is 10.2. The Bertz CT molecular complexity index is 340. The fraction of sp³-hybridized carbons (Fsp3) is 0.455. The van der Waals surface area contributed by atoms with Gasteiger partial charge in [-0.2, -0.15) is 0 Å². The van der Waals surface area contributed by atoms with Gasteiger partial charge in [0, 0.05) is 30.9 Å². The molecule has 80 valence electrons. The fourth-order valence-electron chi connectivity index (χ4n) is 1.47. The average molecular weight is 206 g/mol. The summed E-state index contributed by atoms with van der Waals surface area (Å²) in [7, 11) is 0. The van der Waals surface area contributed by atoms with Crippen LogP contribution in [0.25, 0.3) is 4.98 Å². The number of aliphatic hydroxyl groups excluding tert-OH is 1. The first-order chi connectivity index (χ1) is 7.17. The largest absolute Gasteiger partial charge is 0.392 e. The molecule has 1 aromatic carbocycles. The van der Waals surface area contributed by atoms with Gasteiger partial charge in [-0.25, -0.2) is 0 Å². The van der Waals surface area contributed by atoms with Crippen molar-refractivity contribution in [2.45, 2.75) is 20.0 Å². The molecule has 1 N–H and O–H groups in total. The van der Waals surface area contributed by atoms with E-state index in [0.717, 1.165) is 12.2 Å². The second-order valence-corrected chi connectivity index (χ2v) is 3.50. The van der Waals surface area contributed by atoms with Crippen LogP contribution in [0, 0.1) is 5.39 Å². The summed E-state index contributed by atoms with van der Waals surface area (Å²) in [4.78, 5) is 5.15. The Morgan fingerprint density at radius 3 is 2.40 bits per heavy atom. The zero-order chi connectivity index (χ0) is 11.3. The monoisotopic (exact) mass is 206 g/mol. The fourth-order valence-corrected chi connectivity index (χ4v) is 1.47. The summed E-state index contributed by atoms with van der Waals surface area (Å²) >= 11 is 0. The van der Waals surface area contributed by atoms with E-state index >= 15 is 0 Å². The first-order valence-electron chi connectivity index (χ1n) is 5.05. The summed E-state index contributed by atoms with van der Waals surface area (Å²) in [5, 5.41) is 17.9. The van der Waals surface area contributed by atoms with Crippen molar-refractivity contribution in [3.63, 3.8) is 0 Å². The molecule has 1 unspecified atom stereocenters. The van der Waals surface area contributed by atoms with Gasteiger partial charge in [0.1, 0.15) is 0 Å². The van der Waals surface area contributed by atoms with E-state index in [1.807, 2.05) is 19.1 Å². The predicted octanol–water partition coefficient (Wildman–Crippen LogP) is 2.38. The molecule has 0 aliphatic rings. The van der Waals surface area contributed by atoms with E-state index in [4.69, 9.17) is 5.39 Å². The van der Waals surface area contributed by atoms with Crippen LogP contribution in [-0.2, 0) is 0 Å². The van der Waals surface area contributed by atoms with Crippen molar-refractivity contribution in [2.75, 3.05) is 18.0 Å². The van der Waals surface area contributed by atoms with Crippen molar-refractivity contribution >= 4 is 11.4 Å². The maximum absolute atomic E-state index is 9.32. The van der Waals surface area contributed by atoms with Crippen molar-refractivity contribution in [1.82, 2.24) is 0 Å². The molecule has 1 atom stereocenters. The molecule has 0 aromatic heterocycles. The Hall–Kier alpha value is -1.60. The molecule has 0 bridgehead atoms. The maximum Gasteiger partial charge on any atom is 0.385 e. The Morgan fingerprint density at radius 2 is 2.00 bits per heavy atom. The van der Waals surface area contributed by atoms with Gasteiger partial charge >= 0.3 is 5.69 Å². The van der Waals surface area contributed by atoms with Crippen LogP contribution in [0.3, 0.4) is 0 Å². The van der Waals surface area contributed by atoms with Gasteiger partial charge < -0.3 is 10.0 Å². The van der Waals surface area contributed by atoms with Crippen LogP contribution in [0.15, 0.2) is 24.3 Å². The van der Waals surface area contributed by atoms with Gasteiger partial charge in [0.2, 0.25) is 5.39 Å². The molecular formula is C11H16N3O+. The molecule has 0 saturated heterocycles. The lowest BCUT2D eigenvalue weighted by Gasteiger charge is -2.24. The minimum Gasteiger partial charge on any atom is -0.392 e. The van der Waals surface area contributed by atoms with E-state index in [0.29, 0.717) is 12.2 Å². The zero-order valence-electron chi connectivity index (χ0n) is 9.09. The quantitative estimate of drug-likeness (QED) is 0.769. The molecule has 0 fully saturated rings. The number of benzene rings is 1. The van der Waals surface area contributed by atoms with Gasteiger partial charge in [-0.3, -0.25) is 0 Å². The molecule has 0 aliphatic carbocycles. The molecule has 4 nitrogen and oxygen atoms in total. The van der Waals surface area contributed by atoms with E-state index < -0.39 is 0 Å². The normalized spacial score (nSPS) is 11.9. The lowest BCUT2D eigenvalue weighted by Crippen LogP contribution is -2.30. The van der Waals surface area contributed by atoms with Crippen molar-refractivity contribution in [2.24, 2.45) is 0 Å². The van der Waals surface area contributed by atoms with Gasteiger partial charge in [-0.05, 0) is 26.0 Å². The van der Waals surface area contributed by atoms with Gasteiger partial charge in [-0.1, -0.05) is 0 Å². The molecule has 0 spiro atoms. The molecule has 0 saturated carbocycles. The Morgan fingerprint density at radius 1 is 1.40 bits per heavy atom. The second-order valence-electron chi connectivity index (χ2n) is 3.50. The second kappa shape index (κ2) is 5.32. The minimum absolute atomic E-state index is 0.354. The van der Waals surface area contributed by atoms with E-state index in [-0.39, 0.29) is 6.10 Å². The number of likely N-dealkylation sites (N-methyl/N-ethyl adjacent to an activating group) is 1. The summed E-state index contributed by atoms with van der Waals surface area (Å²) in [6.07, 6.45) is -0.354. The van der Waals surface area contributed by atoms with Crippen LogP contribution in [0.1, 0.15) is 13.8 Å². The highest BCUT2D eigenvalue weighted by Crippen LogP contribution is 2.19. The van der Waals surface area contributed by atoms with Gasteiger partial charge in [0.05, 0.1) is 6.10 Å². The molecule has 15 heavy (non-hydrogen) atoms. The number of rotatable bonds is 4. The molecule has 4 heteroatoms. The summed E-state index contributed by atoms with van der Waals surface area (Å²) < 4.78 is 0. The van der Waals surface area contributed by atoms with Gasteiger partial charge in [0.25, 0.3) is 0 Å². The summed E-state index contributed by atoms with van der Waals surface area (Å²) in [5.41, 5.74) is 1.55. The maximum atomic E-state index is 9.32. The van der Waals surface area contributed by atoms with E-state index in [9.17, 15) is 5.11 Å². The summed E-state index contributed by atoms with van der Waals surface area (Å²) in [6.45, 7) is 5.24. The van der Waals surface area contributed by atoms with E-state index in [1.165, 1.54) is 0 Å². The zero-order valence-corrected chi connectivity index (χ0v) is 9.09. The molecular weight excluding hydrogens is 190 g/mol. The predicted molar refractivity (Wildman–Crippen MR) is 60.8 cm³/mol. The first-order valence-corrected chi connectivity index (χ1v) is 5.05. The Balaban J connectivity index is 2.79. The van der Waals surface area contributed by atoms with Crippen molar-refractivity contribution in [1.29, 1.82) is 5.39 Å². The van der Waals surface area contributed by atoms with Crippen molar-refractivity contribution in [3.8, 4) is 0 Å².